The van der Waals surface area contributed by atoms with E-state index in [4.69, 9.17) is 14.2 Å². The molecule has 0 N–H and O–H groups in total. The first-order chi connectivity index (χ1) is 28.5. The molecule has 0 amide bonds. The van der Waals surface area contributed by atoms with Gasteiger partial charge in [0, 0.05) is 12.8 Å². The number of hydrogen-bond donors (Lipinski definition) is 0. The van der Waals surface area contributed by atoms with Crippen molar-refractivity contribution in [1.29, 1.82) is 0 Å². The van der Waals surface area contributed by atoms with Crippen LogP contribution >= 0.6 is 0 Å². The highest BCUT2D eigenvalue weighted by Gasteiger charge is 2.19. The van der Waals surface area contributed by atoms with Gasteiger partial charge in [-0.3, -0.25) is 14.4 Å². The first-order valence-corrected chi connectivity index (χ1v) is 23.6. The van der Waals surface area contributed by atoms with E-state index in [1.807, 2.05) is 6.08 Å². The van der Waals surface area contributed by atoms with Gasteiger partial charge < -0.3 is 14.2 Å². The van der Waals surface area contributed by atoms with Gasteiger partial charge in [0.05, 0.1) is 6.42 Å². The molecule has 0 rings (SSSR count). The Labute approximate surface area is 356 Å². The van der Waals surface area contributed by atoms with E-state index in [1.54, 1.807) is 6.08 Å². The van der Waals surface area contributed by atoms with Crippen molar-refractivity contribution in [3.63, 3.8) is 0 Å². The zero-order valence-electron chi connectivity index (χ0n) is 37.5. The van der Waals surface area contributed by atoms with Crippen molar-refractivity contribution in [1.82, 2.24) is 0 Å². The van der Waals surface area contributed by atoms with Gasteiger partial charge in [-0.2, -0.15) is 0 Å². The maximum absolute atomic E-state index is 12.7. The number of esters is 3. The lowest BCUT2D eigenvalue weighted by atomic mass is 10.1. The summed E-state index contributed by atoms with van der Waals surface area (Å²) >= 11 is 0. The zero-order valence-corrected chi connectivity index (χ0v) is 37.5. The summed E-state index contributed by atoms with van der Waals surface area (Å²) in [5, 5.41) is 0. The van der Waals surface area contributed by atoms with Crippen LogP contribution in [0.15, 0.2) is 85.1 Å². The zero-order chi connectivity index (χ0) is 42.3. The summed E-state index contributed by atoms with van der Waals surface area (Å²) in [6, 6.07) is 0. The van der Waals surface area contributed by atoms with E-state index < -0.39 is 12.1 Å². The number of unbranched alkanes of at least 4 members (excludes halogenated alkanes) is 17. The van der Waals surface area contributed by atoms with Gasteiger partial charge >= 0.3 is 17.9 Å². The molecular formula is C52H86O6. The lowest BCUT2D eigenvalue weighted by Gasteiger charge is -2.18. The van der Waals surface area contributed by atoms with Gasteiger partial charge in [0.1, 0.15) is 13.2 Å². The van der Waals surface area contributed by atoms with Crippen molar-refractivity contribution < 1.29 is 28.6 Å². The van der Waals surface area contributed by atoms with E-state index >= 15 is 0 Å². The Balaban J connectivity index is 4.43. The molecule has 0 radical (unpaired) electrons. The molecule has 330 valence electrons. The highest BCUT2D eigenvalue weighted by atomic mass is 16.6. The SMILES string of the molecule is CC/C=C\C/C=C\C/C=C\CCCCCCC(=O)OC(COC(=O)C/C=C\C/C=C\C/C=C\CC)COC(=O)CCCCCCCCC/C=C\CCCCCCCC. The van der Waals surface area contributed by atoms with Crippen molar-refractivity contribution in [3.8, 4) is 0 Å². The largest absolute Gasteiger partial charge is 0.462 e. The third-order valence-electron chi connectivity index (χ3n) is 9.65. The van der Waals surface area contributed by atoms with Crippen LogP contribution in [-0.4, -0.2) is 37.2 Å². The Bertz CT molecular complexity index is 1160. The molecule has 1 unspecified atom stereocenters. The molecule has 0 heterocycles. The van der Waals surface area contributed by atoms with E-state index in [-0.39, 0.29) is 38.0 Å². The van der Waals surface area contributed by atoms with Crippen LogP contribution in [-0.2, 0) is 28.6 Å². The third kappa shape index (κ3) is 43.7. The number of rotatable bonds is 41. The lowest BCUT2D eigenvalue weighted by Crippen LogP contribution is -2.30. The van der Waals surface area contributed by atoms with Crippen LogP contribution in [0.25, 0.3) is 0 Å². The van der Waals surface area contributed by atoms with Crippen molar-refractivity contribution in [2.45, 2.75) is 213 Å². The molecule has 0 aliphatic carbocycles. The van der Waals surface area contributed by atoms with Crippen molar-refractivity contribution in [3.05, 3.63) is 85.1 Å². The number of carbonyl (C=O) groups is 3. The van der Waals surface area contributed by atoms with Crippen molar-refractivity contribution in [2.24, 2.45) is 0 Å². The Morgan fingerprint density at radius 1 is 0.379 bits per heavy atom. The van der Waals surface area contributed by atoms with Gasteiger partial charge in [-0.05, 0) is 89.9 Å². The van der Waals surface area contributed by atoms with Gasteiger partial charge in [-0.1, -0.05) is 183 Å². The summed E-state index contributed by atoms with van der Waals surface area (Å²) < 4.78 is 16.6. The van der Waals surface area contributed by atoms with Crippen LogP contribution in [0.4, 0.5) is 0 Å². The predicted octanol–water partition coefficient (Wildman–Crippen LogP) is 15.3. The normalized spacial score (nSPS) is 12.8. The van der Waals surface area contributed by atoms with E-state index in [0.29, 0.717) is 6.42 Å². The number of ether oxygens (including phenoxy) is 3. The third-order valence-corrected chi connectivity index (χ3v) is 9.65. The fourth-order valence-corrected chi connectivity index (χ4v) is 6.16. The monoisotopic (exact) mass is 807 g/mol. The molecule has 0 aliphatic rings. The minimum absolute atomic E-state index is 0.116. The molecule has 0 aromatic carbocycles. The fourth-order valence-electron chi connectivity index (χ4n) is 6.16. The molecule has 0 aromatic rings. The fraction of sp³-hybridized carbons (Fsp3) is 0.673. The number of carbonyl (C=O) groups excluding carboxylic acids is 3. The van der Waals surface area contributed by atoms with Crippen molar-refractivity contribution >= 4 is 17.9 Å². The Hall–Kier alpha value is -3.41. The number of hydrogen-bond acceptors (Lipinski definition) is 6. The van der Waals surface area contributed by atoms with Gasteiger partial charge in [0.2, 0.25) is 0 Å². The van der Waals surface area contributed by atoms with Crippen LogP contribution in [0.3, 0.4) is 0 Å². The molecule has 6 nitrogen and oxygen atoms in total. The maximum Gasteiger partial charge on any atom is 0.309 e. The topological polar surface area (TPSA) is 78.9 Å². The summed E-state index contributed by atoms with van der Waals surface area (Å²) in [4.78, 5) is 37.7. The molecule has 0 saturated carbocycles. The summed E-state index contributed by atoms with van der Waals surface area (Å²) in [5.74, 6) is -1.08. The molecule has 0 fully saturated rings. The van der Waals surface area contributed by atoms with Crippen LogP contribution in [0.1, 0.15) is 207 Å². The van der Waals surface area contributed by atoms with Crippen LogP contribution in [0.2, 0.25) is 0 Å². The average molecular weight is 807 g/mol. The van der Waals surface area contributed by atoms with E-state index in [0.717, 1.165) is 89.9 Å². The van der Waals surface area contributed by atoms with E-state index in [2.05, 4.69) is 93.7 Å². The van der Waals surface area contributed by atoms with Gasteiger partial charge in [0.15, 0.2) is 6.10 Å². The van der Waals surface area contributed by atoms with E-state index in [1.165, 1.54) is 77.0 Å². The highest BCUT2D eigenvalue weighted by Crippen LogP contribution is 2.13. The van der Waals surface area contributed by atoms with Crippen LogP contribution < -0.4 is 0 Å². The highest BCUT2D eigenvalue weighted by molar-refractivity contribution is 5.72. The van der Waals surface area contributed by atoms with E-state index in [9.17, 15) is 14.4 Å². The second kappa shape index (κ2) is 46.3. The van der Waals surface area contributed by atoms with Crippen molar-refractivity contribution in [2.75, 3.05) is 13.2 Å². The molecular weight excluding hydrogens is 721 g/mol. The standard InChI is InChI=1S/C52H86O6/c1-4-7-10-13-16-19-21-23-25-26-27-29-30-33-36-39-42-45-51(54)57-48-49(47-56-50(53)44-41-38-35-32-18-15-12-9-6-3)58-52(55)46-43-40-37-34-31-28-24-22-20-17-14-11-8-5-2/h8-9,11-12,17-18,20,23-25,28,32,38,41,49H,4-7,10,13-16,19,21-22,26-27,29-31,33-37,39-40,42-48H2,1-3H3/b11-8-,12-9-,20-17-,25-23-,28-24-,32-18-,41-38-. The average Bonchev–Trinajstić information content (AvgIpc) is 3.22. The molecule has 0 spiro atoms. The summed E-state index contributed by atoms with van der Waals surface area (Å²) in [6.45, 7) is 6.26. The molecule has 0 aliphatic heterocycles. The molecule has 6 heteroatoms. The van der Waals surface area contributed by atoms with Crippen LogP contribution in [0, 0.1) is 0 Å². The minimum atomic E-state index is -0.823. The molecule has 0 aromatic heterocycles. The Morgan fingerprint density at radius 3 is 1.22 bits per heavy atom. The molecule has 1 atom stereocenters. The van der Waals surface area contributed by atoms with Crippen LogP contribution in [0.5, 0.6) is 0 Å². The maximum atomic E-state index is 12.7. The Morgan fingerprint density at radius 2 is 0.741 bits per heavy atom. The smallest absolute Gasteiger partial charge is 0.309 e. The Kier molecular flexibility index (Phi) is 43.6. The first-order valence-electron chi connectivity index (χ1n) is 23.6. The lowest BCUT2D eigenvalue weighted by molar-refractivity contribution is -0.166. The number of allylic oxidation sites excluding steroid dienone is 13. The molecule has 0 saturated heterocycles. The molecule has 58 heavy (non-hydrogen) atoms. The first kappa shape index (κ1) is 54.6. The second-order valence-corrected chi connectivity index (χ2v) is 15.3. The quantitative estimate of drug-likeness (QED) is 0.0265. The summed E-state index contributed by atoms with van der Waals surface area (Å²) in [6.07, 6.45) is 58.9. The van der Waals surface area contributed by atoms with Gasteiger partial charge in [-0.25, -0.2) is 0 Å². The van der Waals surface area contributed by atoms with Gasteiger partial charge in [-0.15, -0.1) is 0 Å². The molecule has 0 bridgehead atoms. The predicted molar refractivity (Wildman–Crippen MR) is 247 cm³/mol. The summed E-state index contributed by atoms with van der Waals surface area (Å²) in [5.41, 5.74) is 0. The minimum Gasteiger partial charge on any atom is -0.462 e. The summed E-state index contributed by atoms with van der Waals surface area (Å²) in [7, 11) is 0. The second-order valence-electron chi connectivity index (χ2n) is 15.3. The van der Waals surface area contributed by atoms with Gasteiger partial charge in [0.25, 0.3) is 0 Å².